The molecule has 4 aromatic heterocycles. The average Bonchev–Trinajstić information content (AvgIpc) is 3.69. The Balaban J connectivity index is 1.14. The van der Waals surface area contributed by atoms with Gasteiger partial charge >= 0.3 is 0 Å². The molecule has 4 aromatic rings. The number of halogens is 2. The van der Waals surface area contributed by atoms with Gasteiger partial charge in [0.1, 0.15) is 17.9 Å². The van der Waals surface area contributed by atoms with Crippen LogP contribution in [0.2, 0.25) is 0 Å². The highest BCUT2D eigenvalue weighted by atomic mass is 32.7. The van der Waals surface area contributed by atoms with E-state index in [-0.39, 0.29) is 44.5 Å². The number of thiol groups is 1. The zero-order chi connectivity index (χ0) is 28.4. The average molecular weight is 630 g/mol. The minimum Gasteiger partial charge on any atom is -0.382 e. The lowest BCUT2D eigenvalue weighted by Gasteiger charge is -2.25. The Bertz CT molecular complexity index is 1660. The summed E-state index contributed by atoms with van der Waals surface area (Å²) in [5, 5.41) is 0. The van der Waals surface area contributed by atoms with Crippen LogP contribution < -0.4 is 17.0 Å². The molecule has 21 heteroatoms. The summed E-state index contributed by atoms with van der Waals surface area (Å²) < 4.78 is 63.8. The molecule has 16 nitrogen and oxygen atoms in total. The van der Waals surface area contributed by atoms with Crippen LogP contribution in [0, 0.1) is 5.92 Å². The van der Waals surface area contributed by atoms with Crippen molar-refractivity contribution in [2.45, 2.75) is 43.3 Å². The third-order valence-electron chi connectivity index (χ3n) is 7.07. The first kappa shape index (κ1) is 27.2. The van der Waals surface area contributed by atoms with Crippen LogP contribution >= 0.6 is 28.6 Å². The van der Waals surface area contributed by atoms with Gasteiger partial charge in [0.25, 0.3) is 5.56 Å². The maximum atomic E-state index is 15.9. The lowest BCUT2D eigenvalue weighted by atomic mass is 10.0. The number of rotatable bonds is 2. The summed E-state index contributed by atoms with van der Waals surface area (Å²) in [6, 6.07) is 0. The van der Waals surface area contributed by atoms with Gasteiger partial charge in [0.2, 0.25) is 13.5 Å². The molecule has 41 heavy (non-hydrogen) atoms. The van der Waals surface area contributed by atoms with Crippen molar-refractivity contribution in [3.8, 4) is 0 Å². The van der Waals surface area contributed by atoms with Gasteiger partial charge in [0.05, 0.1) is 25.4 Å². The molecule has 7 unspecified atom stereocenters. The van der Waals surface area contributed by atoms with Crippen LogP contribution in [0.1, 0.15) is 12.5 Å². The molecule has 5 N–H and O–H groups in total. The number of nitrogens with zero attached hydrogens (tertiary/aromatic N) is 7. The van der Waals surface area contributed by atoms with Crippen LogP contribution in [0.5, 0.6) is 0 Å². The second-order valence-electron chi connectivity index (χ2n) is 9.44. The number of hydrogen-bond acceptors (Lipinski definition) is 14. The van der Waals surface area contributed by atoms with Gasteiger partial charge in [-0.2, -0.15) is 4.98 Å². The maximum absolute atomic E-state index is 15.9. The summed E-state index contributed by atoms with van der Waals surface area (Å²) in [5.74, 6) is -0.677. The van der Waals surface area contributed by atoms with E-state index in [1.54, 1.807) is 0 Å². The molecule has 3 aliphatic heterocycles. The van der Waals surface area contributed by atoms with Crippen LogP contribution in [-0.4, -0.2) is 82.6 Å². The van der Waals surface area contributed by atoms with Crippen molar-refractivity contribution in [1.29, 1.82) is 0 Å². The van der Waals surface area contributed by atoms with Gasteiger partial charge in [0, 0.05) is 14.7 Å². The lowest BCUT2D eigenvalue weighted by molar-refractivity contribution is -0.109. The zero-order valence-electron chi connectivity index (χ0n) is 20.7. The standard InChI is InChI=1S/C20H22F2N10O6P2S/c21-8-6-2-39-37-19-9(22)12(18(36-19)32-5-28-11-15(32)29-20(24)30-16(11)33)38-40(41)34-1-7(6)35-17(8)31-4-27-10-13(23)25-3-26-14(10)31/h3-9,12,17-19,39,41H,1-2H2,(H2,23,25,26)(H3,24,29,30,33)/t6-,7?,8-,9?,12?,17+,18?,19?,40?/m0/s1. The molecule has 2 bridgehead atoms. The predicted molar refractivity (Wildman–Crippen MR) is 144 cm³/mol. The van der Waals surface area contributed by atoms with Crippen molar-refractivity contribution in [1.82, 2.24) is 39.0 Å². The minimum atomic E-state index is -2.00. The Labute approximate surface area is 236 Å². The van der Waals surface area contributed by atoms with E-state index in [4.69, 9.17) is 34.5 Å². The smallest absolute Gasteiger partial charge is 0.280 e. The number of aromatic amines is 1. The van der Waals surface area contributed by atoms with Crippen molar-refractivity contribution < 1.29 is 31.8 Å². The highest BCUT2D eigenvalue weighted by Gasteiger charge is 2.51. The van der Waals surface area contributed by atoms with Gasteiger partial charge in [-0.05, 0) is 6.16 Å². The quantitative estimate of drug-likeness (QED) is 0.183. The van der Waals surface area contributed by atoms with Crippen molar-refractivity contribution in [2.75, 3.05) is 24.2 Å². The van der Waals surface area contributed by atoms with Crippen molar-refractivity contribution in [2.24, 2.45) is 5.92 Å². The summed E-state index contributed by atoms with van der Waals surface area (Å²) in [6.07, 6.45) is -4.74. The van der Waals surface area contributed by atoms with E-state index in [9.17, 15) is 4.79 Å². The fourth-order valence-electron chi connectivity index (χ4n) is 5.11. The summed E-state index contributed by atoms with van der Waals surface area (Å²) in [7, 11) is -2.36. The molecule has 3 saturated heterocycles. The fraction of sp³-hybridized carbons (Fsp3) is 0.500. The molecule has 10 atom stereocenters. The largest absolute Gasteiger partial charge is 0.382 e. The van der Waals surface area contributed by atoms with Gasteiger partial charge in [0.15, 0.2) is 53.7 Å². The number of nitrogens with two attached hydrogens (primary N) is 2. The van der Waals surface area contributed by atoms with Crippen LogP contribution in [0.15, 0.2) is 23.8 Å². The Morgan fingerprint density at radius 2 is 1.83 bits per heavy atom. The predicted octanol–water partition coefficient (Wildman–Crippen LogP) is 1.35. The van der Waals surface area contributed by atoms with E-state index in [1.807, 2.05) is 0 Å². The summed E-state index contributed by atoms with van der Waals surface area (Å²) in [6.45, 7) is -0.0921. The highest BCUT2D eigenvalue weighted by Crippen LogP contribution is 2.52. The van der Waals surface area contributed by atoms with Crippen molar-refractivity contribution >= 4 is 62.7 Å². The highest BCUT2D eigenvalue weighted by molar-refractivity contribution is 8.41. The van der Waals surface area contributed by atoms with Crippen LogP contribution in [0.25, 0.3) is 22.3 Å². The number of ether oxygens (including phenoxy) is 2. The fourth-order valence-corrected chi connectivity index (χ4v) is 7.53. The number of nitrogen functional groups attached to an aromatic ring is 2. The van der Waals surface area contributed by atoms with E-state index < -0.39 is 62.4 Å². The Morgan fingerprint density at radius 3 is 2.66 bits per heavy atom. The molecule has 0 aromatic carbocycles. The first-order valence-corrected chi connectivity index (χ1v) is 15.7. The van der Waals surface area contributed by atoms with Crippen molar-refractivity contribution in [3.63, 3.8) is 0 Å². The van der Waals surface area contributed by atoms with Gasteiger partial charge in [-0.15, -0.1) is 0 Å². The number of aromatic nitrogens is 8. The third-order valence-corrected chi connectivity index (χ3v) is 9.53. The number of H-pyrrole nitrogens is 1. The molecule has 0 saturated carbocycles. The number of alkyl halides is 2. The Morgan fingerprint density at radius 1 is 1.05 bits per heavy atom. The van der Waals surface area contributed by atoms with Crippen LogP contribution in [-0.2, 0) is 23.0 Å². The molecule has 0 spiro atoms. The van der Waals surface area contributed by atoms with E-state index in [0.29, 0.717) is 11.2 Å². The van der Waals surface area contributed by atoms with Gasteiger partial charge in [-0.1, -0.05) is 12.2 Å². The monoisotopic (exact) mass is 630 g/mol. The maximum Gasteiger partial charge on any atom is 0.280 e. The molecule has 218 valence electrons. The van der Waals surface area contributed by atoms with E-state index >= 15 is 8.78 Å². The number of imidazole rings is 2. The first-order valence-electron chi connectivity index (χ1n) is 12.2. The lowest BCUT2D eigenvalue weighted by Crippen LogP contribution is -2.32. The Kier molecular flexibility index (Phi) is 7.02. The summed E-state index contributed by atoms with van der Waals surface area (Å²) in [5.41, 5.74) is 11.7. The summed E-state index contributed by atoms with van der Waals surface area (Å²) >= 11 is 4.38. The van der Waals surface area contributed by atoms with E-state index in [1.165, 1.54) is 28.1 Å². The molecule has 3 aliphatic rings. The number of fused-ring (bicyclic) bond motifs is 5. The first-order chi connectivity index (χ1) is 19.8. The molecular formula is C20H22F2N10O6P2S. The molecule has 0 radical (unpaired) electrons. The third kappa shape index (κ3) is 4.64. The molecule has 7 heterocycles. The normalized spacial score (nSPS) is 35.0. The van der Waals surface area contributed by atoms with Crippen LogP contribution in [0.3, 0.4) is 0 Å². The number of hydrogen-bond donors (Lipinski definition) is 4. The van der Waals surface area contributed by atoms with Gasteiger partial charge in [-0.25, -0.2) is 28.7 Å². The SMILES string of the molecule is Nc1nc2c(ncn2C2OC3OPC[C@H]4C(COP(S)OC2C3F)O[C@@H](n2cnc3c(N)ncnc32)[C@H]4F)c(=O)[nH]1. The van der Waals surface area contributed by atoms with Crippen LogP contribution in [0.4, 0.5) is 20.5 Å². The van der Waals surface area contributed by atoms with E-state index in [0.717, 1.165) is 0 Å². The Hall–Kier alpha value is -2.63. The number of anilines is 2. The topological polar surface area (TPSA) is 205 Å². The second-order valence-corrected chi connectivity index (χ2v) is 12.3. The molecular weight excluding hydrogens is 608 g/mol. The van der Waals surface area contributed by atoms with Gasteiger partial charge < -0.3 is 34.5 Å². The molecule has 0 aliphatic carbocycles. The van der Waals surface area contributed by atoms with E-state index in [2.05, 4.69) is 42.2 Å². The second kappa shape index (κ2) is 10.6. The molecule has 0 amide bonds. The zero-order valence-corrected chi connectivity index (χ0v) is 23.4. The molecule has 3 fully saturated rings. The van der Waals surface area contributed by atoms with Crippen molar-refractivity contribution in [3.05, 3.63) is 29.3 Å². The minimum absolute atomic E-state index is 0.0150. The molecule has 7 rings (SSSR count). The number of nitrogens with one attached hydrogen (secondary N) is 1. The van der Waals surface area contributed by atoms with Gasteiger partial charge in [-0.3, -0.25) is 18.9 Å². The summed E-state index contributed by atoms with van der Waals surface area (Å²) in [4.78, 5) is 35.0.